The van der Waals surface area contributed by atoms with Crippen molar-refractivity contribution in [3.05, 3.63) is 59.2 Å². The molecule has 0 spiro atoms. The van der Waals surface area contributed by atoms with E-state index in [1.54, 1.807) is 19.2 Å². The predicted octanol–water partition coefficient (Wildman–Crippen LogP) is 3.01. The molecule has 0 amide bonds. The van der Waals surface area contributed by atoms with Crippen molar-refractivity contribution in [2.45, 2.75) is 20.0 Å². The third kappa shape index (κ3) is 5.68. The summed E-state index contributed by atoms with van der Waals surface area (Å²) in [4.78, 5) is 11.5. The first kappa shape index (κ1) is 21.2. The van der Waals surface area contributed by atoms with E-state index in [1.807, 2.05) is 37.3 Å². The molecule has 0 aliphatic carbocycles. The molecule has 0 unspecified atom stereocenters. The van der Waals surface area contributed by atoms with Gasteiger partial charge in [-0.05, 0) is 54.5 Å². The van der Waals surface area contributed by atoms with Gasteiger partial charge in [-0.1, -0.05) is 19.1 Å². The van der Waals surface area contributed by atoms with E-state index in [-0.39, 0.29) is 11.1 Å². The van der Waals surface area contributed by atoms with Gasteiger partial charge < -0.3 is 19.9 Å². The molecule has 2 aromatic rings. The maximum absolute atomic E-state index is 11.5. The fourth-order valence-corrected chi connectivity index (χ4v) is 2.50. The number of ether oxygens (including phenoxy) is 3. The number of carbonyl (C=O) groups is 1. The Kier molecular flexibility index (Phi) is 7.76. The summed E-state index contributed by atoms with van der Waals surface area (Å²) in [5.74, 6) is 0.809. The normalized spacial score (nSPS) is 10.9. The number of hydrogen-bond acceptors (Lipinski definition) is 6. The number of hydrazone groups is 1. The van der Waals surface area contributed by atoms with Gasteiger partial charge >= 0.3 is 5.97 Å². The third-order valence-corrected chi connectivity index (χ3v) is 3.99. The average Bonchev–Trinajstić information content (AvgIpc) is 2.72. The highest BCUT2D eigenvalue weighted by molar-refractivity contribution is 7.80. The second-order valence-corrected chi connectivity index (χ2v) is 6.17. The van der Waals surface area contributed by atoms with Crippen molar-refractivity contribution in [1.29, 1.82) is 0 Å². The molecule has 0 aliphatic rings. The van der Waals surface area contributed by atoms with Gasteiger partial charge in [-0.25, -0.2) is 4.79 Å². The molecule has 8 heteroatoms. The maximum Gasteiger partial charge on any atom is 0.337 e. The van der Waals surface area contributed by atoms with Crippen LogP contribution in [0.4, 0.5) is 0 Å². The Labute approximate surface area is 169 Å². The highest BCUT2D eigenvalue weighted by atomic mass is 32.1. The Morgan fingerprint density at radius 3 is 2.36 bits per heavy atom. The standard InChI is InChI=1S/C20H23N3O4S/c1-4-16(22-23-20(21)28)15-9-10-17(18(11-15)25-2)27-12-13-5-7-14(8-6-13)19(24)26-3/h5-11H,4,12H2,1-3H3,(H3,21,23,28)/b22-16+. The SMILES string of the molecule is CC/C(=N\NC(N)=S)c1ccc(OCc2ccc(C(=O)OC)cc2)c(OC)c1. The lowest BCUT2D eigenvalue weighted by Crippen LogP contribution is -2.25. The molecule has 7 nitrogen and oxygen atoms in total. The summed E-state index contributed by atoms with van der Waals surface area (Å²) in [6.07, 6.45) is 0.686. The van der Waals surface area contributed by atoms with Crippen LogP contribution < -0.4 is 20.6 Å². The summed E-state index contributed by atoms with van der Waals surface area (Å²) >= 11 is 4.78. The molecular weight excluding hydrogens is 378 g/mol. The van der Waals surface area contributed by atoms with Crippen LogP contribution in [0.25, 0.3) is 0 Å². The molecule has 0 saturated heterocycles. The van der Waals surface area contributed by atoms with Gasteiger partial charge in [-0.2, -0.15) is 5.10 Å². The van der Waals surface area contributed by atoms with Crippen LogP contribution in [0, 0.1) is 0 Å². The molecule has 0 fully saturated rings. The Morgan fingerprint density at radius 1 is 1.11 bits per heavy atom. The van der Waals surface area contributed by atoms with E-state index in [9.17, 15) is 4.79 Å². The van der Waals surface area contributed by atoms with Gasteiger partial charge in [-0.3, -0.25) is 5.43 Å². The molecule has 3 N–H and O–H groups in total. The summed E-state index contributed by atoms with van der Waals surface area (Å²) in [5.41, 5.74) is 11.1. The van der Waals surface area contributed by atoms with Gasteiger partial charge in [0.05, 0.1) is 25.5 Å². The Hall–Kier alpha value is -3.13. The second-order valence-electron chi connectivity index (χ2n) is 5.73. The molecule has 0 bridgehead atoms. The smallest absolute Gasteiger partial charge is 0.337 e. The van der Waals surface area contributed by atoms with Crippen LogP contribution >= 0.6 is 12.2 Å². The number of nitrogens with two attached hydrogens (primary N) is 1. The van der Waals surface area contributed by atoms with Gasteiger partial charge in [0.25, 0.3) is 0 Å². The molecule has 0 radical (unpaired) electrons. The molecule has 148 valence electrons. The lowest BCUT2D eigenvalue weighted by Gasteiger charge is -2.13. The van der Waals surface area contributed by atoms with Crippen LogP contribution in [-0.4, -0.2) is 31.0 Å². The second kappa shape index (κ2) is 10.3. The van der Waals surface area contributed by atoms with Gasteiger partial charge in [0, 0.05) is 5.56 Å². The van der Waals surface area contributed by atoms with E-state index in [1.165, 1.54) is 7.11 Å². The zero-order chi connectivity index (χ0) is 20.5. The lowest BCUT2D eigenvalue weighted by molar-refractivity contribution is 0.0600. The fourth-order valence-electron chi connectivity index (χ4n) is 2.45. The minimum atomic E-state index is -0.372. The number of thiocarbonyl (C=S) groups is 1. The van der Waals surface area contributed by atoms with E-state index >= 15 is 0 Å². The molecule has 0 heterocycles. The highest BCUT2D eigenvalue weighted by Crippen LogP contribution is 2.29. The Morgan fingerprint density at radius 2 is 1.79 bits per heavy atom. The number of benzene rings is 2. The Bertz CT molecular complexity index is 866. The first-order valence-electron chi connectivity index (χ1n) is 8.59. The zero-order valence-electron chi connectivity index (χ0n) is 16.0. The quantitative estimate of drug-likeness (QED) is 0.304. The van der Waals surface area contributed by atoms with Crippen molar-refractivity contribution >= 4 is 29.0 Å². The number of esters is 1. The highest BCUT2D eigenvalue weighted by Gasteiger charge is 2.10. The minimum absolute atomic E-state index is 0.107. The summed E-state index contributed by atoms with van der Waals surface area (Å²) < 4.78 is 16.0. The van der Waals surface area contributed by atoms with Gasteiger partial charge in [0.15, 0.2) is 16.6 Å². The molecule has 28 heavy (non-hydrogen) atoms. The number of hydrogen-bond donors (Lipinski definition) is 2. The molecule has 2 rings (SSSR count). The van der Waals surface area contributed by atoms with E-state index in [0.29, 0.717) is 30.1 Å². The lowest BCUT2D eigenvalue weighted by atomic mass is 10.1. The number of nitrogens with zero attached hydrogens (tertiary/aromatic N) is 1. The van der Waals surface area contributed by atoms with Crippen molar-refractivity contribution < 1.29 is 19.0 Å². The van der Waals surface area contributed by atoms with Crippen LogP contribution in [0.5, 0.6) is 11.5 Å². The van der Waals surface area contributed by atoms with Crippen molar-refractivity contribution in [2.75, 3.05) is 14.2 Å². The number of carbonyl (C=O) groups excluding carboxylic acids is 1. The van der Waals surface area contributed by atoms with Crippen LogP contribution in [0.3, 0.4) is 0 Å². The van der Waals surface area contributed by atoms with Gasteiger partial charge in [0.2, 0.25) is 0 Å². The minimum Gasteiger partial charge on any atom is -0.493 e. The van der Waals surface area contributed by atoms with Crippen LogP contribution in [-0.2, 0) is 11.3 Å². The summed E-state index contributed by atoms with van der Waals surface area (Å²) in [5, 5.41) is 4.31. The van der Waals surface area contributed by atoms with Crippen molar-refractivity contribution in [3.8, 4) is 11.5 Å². The molecule has 0 aliphatic heterocycles. The first-order valence-corrected chi connectivity index (χ1v) is 8.99. The van der Waals surface area contributed by atoms with Crippen LogP contribution in [0.2, 0.25) is 0 Å². The number of methoxy groups -OCH3 is 2. The van der Waals surface area contributed by atoms with E-state index in [0.717, 1.165) is 16.8 Å². The van der Waals surface area contributed by atoms with Gasteiger partial charge in [0.1, 0.15) is 6.61 Å². The summed E-state index contributed by atoms with van der Waals surface area (Å²) in [6, 6.07) is 12.6. The molecule has 2 aromatic carbocycles. The van der Waals surface area contributed by atoms with E-state index in [4.69, 9.17) is 32.2 Å². The first-order chi connectivity index (χ1) is 13.5. The van der Waals surface area contributed by atoms with Crippen molar-refractivity contribution in [2.24, 2.45) is 10.8 Å². The largest absolute Gasteiger partial charge is 0.493 e. The Balaban J connectivity index is 2.12. The predicted molar refractivity (Wildman–Crippen MR) is 112 cm³/mol. The van der Waals surface area contributed by atoms with E-state index < -0.39 is 0 Å². The fraction of sp³-hybridized carbons (Fsp3) is 0.250. The molecule has 0 atom stereocenters. The van der Waals surface area contributed by atoms with Crippen molar-refractivity contribution in [3.63, 3.8) is 0 Å². The average molecular weight is 401 g/mol. The topological polar surface area (TPSA) is 95.2 Å². The monoisotopic (exact) mass is 401 g/mol. The van der Waals surface area contributed by atoms with Crippen LogP contribution in [0.1, 0.15) is 34.8 Å². The number of rotatable bonds is 8. The number of nitrogens with one attached hydrogen (secondary N) is 1. The molecule has 0 aromatic heterocycles. The van der Waals surface area contributed by atoms with Crippen molar-refractivity contribution in [1.82, 2.24) is 5.43 Å². The van der Waals surface area contributed by atoms with Gasteiger partial charge in [-0.15, -0.1) is 0 Å². The maximum atomic E-state index is 11.5. The van der Waals surface area contributed by atoms with Crippen LogP contribution in [0.15, 0.2) is 47.6 Å². The molecular formula is C20H23N3O4S. The zero-order valence-corrected chi connectivity index (χ0v) is 16.8. The summed E-state index contributed by atoms with van der Waals surface area (Å²) in [6.45, 7) is 2.31. The van der Waals surface area contributed by atoms with E-state index in [2.05, 4.69) is 10.5 Å². The summed E-state index contributed by atoms with van der Waals surface area (Å²) in [7, 11) is 2.93. The third-order valence-electron chi connectivity index (χ3n) is 3.90. The molecule has 0 saturated carbocycles.